The number of anilines is 1. The maximum absolute atomic E-state index is 13.4. The molecular formula is C17H8Cl3F2N3OS. The van der Waals surface area contributed by atoms with Crippen molar-refractivity contribution in [2.24, 2.45) is 0 Å². The van der Waals surface area contributed by atoms with Crippen LogP contribution in [0.5, 0.6) is 0 Å². The predicted octanol–water partition coefficient (Wildman–Crippen LogP) is 6.12. The highest BCUT2D eigenvalue weighted by Crippen LogP contribution is 2.37. The molecule has 2 aromatic carbocycles. The molecule has 1 N–H and O–H groups in total. The Morgan fingerprint density at radius 1 is 1.04 bits per heavy atom. The number of hydrogen-bond acceptors (Lipinski definition) is 4. The van der Waals surface area contributed by atoms with Crippen molar-refractivity contribution < 1.29 is 13.6 Å². The summed E-state index contributed by atoms with van der Waals surface area (Å²) < 4.78 is 26.6. The van der Waals surface area contributed by atoms with Crippen LogP contribution in [0.1, 0.15) is 10.4 Å². The third kappa shape index (κ3) is 4.68. The Kier molecular flexibility index (Phi) is 6.16. The van der Waals surface area contributed by atoms with Crippen LogP contribution in [0.2, 0.25) is 15.2 Å². The van der Waals surface area contributed by atoms with Crippen LogP contribution in [0.4, 0.5) is 14.5 Å². The summed E-state index contributed by atoms with van der Waals surface area (Å²) in [6, 6.07) is 6.41. The van der Waals surface area contributed by atoms with Gasteiger partial charge in [0.25, 0.3) is 5.91 Å². The van der Waals surface area contributed by atoms with Crippen molar-refractivity contribution in [1.82, 2.24) is 9.97 Å². The second kappa shape index (κ2) is 8.39. The quantitative estimate of drug-likeness (QED) is 0.491. The lowest BCUT2D eigenvalue weighted by atomic mass is 10.2. The van der Waals surface area contributed by atoms with Crippen molar-refractivity contribution in [3.63, 3.8) is 0 Å². The van der Waals surface area contributed by atoms with Gasteiger partial charge in [0.15, 0.2) is 11.6 Å². The maximum Gasteiger partial charge on any atom is 0.257 e. The fraction of sp³-hybridized carbons (Fsp3) is 0. The van der Waals surface area contributed by atoms with Crippen LogP contribution in [0.15, 0.2) is 52.6 Å². The molecule has 0 aliphatic heterocycles. The van der Waals surface area contributed by atoms with Gasteiger partial charge in [-0.25, -0.2) is 18.7 Å². The lowest BCUT2D eigenvalue weighted by Gasteiger charge is -2.11. The van der Waals surface area contributed by atoms with Crippen LogP contribution in [0, 0.1) is 11.6 Å². The Hall–Kier alpha value is -1.93. The zero-order valence-corrected chi connectivity index (χ0v) is 16.2. The molecule has 3 rings (SSSR count). The van der Waals surface area contributed by atoms with Gasteiger partial charge < -0.3 is 5.32 Å². The first-order chi connectivity index (χ1) is 12.8. The molecule has 10 heteroatoms. The van der Waals surface area contributed by atoms with E-state index < -0.39 is 17.5 Å². The first kappa shape index (κ1) is 19.8. The molecule has 1 heterocycles. The predicted molar refractivity (Wildman–Crippen MR) is 102 cm³/mol. The second-order valence-electron chi connectivity index (χ2n) is 5.10. The Morgan fingerprint density at radius 3 is 2.48 bits per heavy atom. The highest BCUT2D eigenvalue weighted by molar-refractivity contribution is 7.99. The highest BCUT2D eigenvalue weighted by atomic mass is 35.5. The Morgan fingerprint density at radius 2 is 1.78 bits per heavy atom. The highest BCUT2D eigenvalue weighted by Gasteiger charge is 2.17. The molecule has 0 fully saturated rings. The zero-order valence-electron chi connectivity index (χ0n) is 13.1. The first-order valence-corrected chi connectivity index (χ1v) is 9.20. The van der Waals surface area contributed by atoms with E-state index in [1.165, 1.54) is 24.2 Å². The summed E-state index contributed by atoms with van der Waals surface area (Å²) in [6.45, 7) is 0. The molecule has 1 aromatic heterocycles. The van der Waals surface area contributed by atoms with Crippen molar-refractivity contribution in [2.45, 2.75) is 9.92 Å². The standard InChI is InChI=1S/C17H8Cl3F2N3OS/c18-9-5-11(22)10(21)4-8(9)17(26)25-12-2-1-3-13(16(12)20)27-15-7-23-14(19)6-24-15/h1-7H,(H,25,26). The molecule has 4 nitrogen and oxygen atoms in total. The monoisotopic (exact) mass is 445 g/mol. The Balaban J connectivity index is 1.84. The normalized spacial score (nSPS) is 10.7. The van der Waals surface area contributed by atoms with E-state index in [1.807, 2.05) is 0 Å². The van der Waals surface area contributed by atoms with Gasteiger partial charge in [0.05, 0.1) is 33.7 Å². The minimum absolute atomic E-state index is 0.215. The van der Waals surface area contributed by atoms with Crippen LogP contribution in [0.25, 0.3) is 0 Å². The smallest absolute Gasteiger partial charge is 0.257 e. The molecule has 0 atom stereocenters. The van der Waals surface area contributed by atoms with Gasteiger partial charge in [0.1, 0.15) is 10.2 Å². The minimum atomic E-state index is -1.18. The molecule has 0 saturated heterocycles. The van der Waals surface area contributed by atoms with Crippen molar-refractivity contribution in [2.75, 3.05) is 5.32 Å². The lowest BCUT2D eigenvalue weighted by molar-refractivity contribution is 0.102. The number of nitrogens with zero attached hydrogens (tertiary/aromatic N) is 2. The summed E-state index contributed by atoms with van der Waals surface area (Å²) in [5, 5.41) is 3.37. The molecule has 0 aliphatic rings. The van der Waals surface area contributed by atoms with Gasteiger partial charge in [0.2, 0.25) is 0 Å². The Labute approximate surface area is 171 Å². The fourth-order valence-corrected chi connectivity index (χ4v) is 3.44. The zero-order chi connectivity index (χ0) is 19.6. The number of amides is 1. The van der Waals surface area contributed by atoms with Crippen LogP contribution in [0.3, 0.4) is 0 Å². The summed E-state index contributed by atoms with van der Waals surface area (Å²) in [5.41, 5.74) is 0.0580. The van der Waals surface area contributed by atoms with E-state index in [1.54, 1.807) is 18.2 Å². The maximum atomic E-state index is 13.4. The van der Waals surface area contributed by atoms with Crippen LogP contribution in [-0.2, 0) is 0 Å². The number of aromatic nitrogens is 2. The summed E-state index contributed by atoms with van der Waals surface area (Å²) in [5.74, 6) is -3.05. The van der Waals surface area contributed by atoms with Crippen LogP contribution >= 0.6 is 46.6 Å². The van der Waals surface area contributed by atoms with E-state index in [9.17, 15) is 13.6 Å². The molecule has 0 unspecified atom stereocenters. The van der Waals surface area contributed by atoms with Crippen molar-refractivity contribution >= 4 is 58.2 Å². The molecule has 3 aromatic rings. The average Bonchev–Trinajstić information content (AvgIpc) is 2.63. The van der Waals surface area contributed by atoms with Crippen molar-refractivity contribution in [1.29, 1.82) is 0 Å². The number of benzene rings is 2. The molecular weight excluding hydrogens is 439 g/mol. The Bertz CT molecular complexity index is 1020. The topological polar surface area (TPSA) is 54.9 Å². The van der Waals surface area contributed by atoms with Gasteiger partial charge in [0, 0.05) is 4.90 Å². The van der Waals surface area contributed by atoms with E-state index in [4.69, 9.17) is 34.8 Å². The van der Waals surface area contributed by atoms with Crippen molar-refractivity contribution in [3.8, 4) is 0 Å². The van der Waals surface area contributed by atoms with E-state index in [2.05, 4.69) is 15.3 Å². The molecule has 0 bridgehead atoms. The second-order valence-corrected chi connectivity index (χ2v) is 7.33. The molecule has 1 amide bonds. The van der Waals surface area contributed by atoms with Crippen LogP contribution in [-0.4, -0.2) is 15.9 Å². The number of carbonyl (C=O) groups excluding carboxylic acids is 1. The number of carbonyl (C=O) groups is 1. The SMILES string of the molecule is O=C(Nc1cccc(Sc2cnc(Cl)cn2)c1Cl)c1cc(F)c(F)cc1Cl. The van der Waals surface area contributed by atoms with Gasteiger partial charge in [-0.1, -0.05) is 52.6 Å². The van der Waals surface area contributed by atoms with E-state index in [-0.39, 0.29) is 26.4 Å². The number of hydrogen-bond donors (Lipinski definition) is 1. The van der Waals surface area contributed by atoms with Gasteiger partial charge in [-0.15, -0.1) is 0 Å². The van der Waals surface area contributed by atoms with Gasteiger partial charge in [-0.3, -0.25) is 4.79 Å². The van der Waals surface area contributed by atoms with E-state index >= 15 is 0 Å². The van der Waals surface area contributed by atoms with Gasteiger partial charge in [-0.2, -0.15) is 0 Å². The van der Waals surface area contributed by atoms with E-state index in [0.29, 0.717) is 9.92 Å². The van der Waals surface area contributed by atoms with E-state index in [0.717, 1.165) is 12.1 Å². The average molecular weight is 447 g/mol. The molecule has 0 saturated carbocycles. The summed E-state index contributed by atoms with van der Waals surface area (Å²) >= 11 is 19.1. The largest absolute Gasteiger partial charge is 0.321 e. The van der Waals surface area contributed by atoms with Gasteiger partial charge in [-0.05, 0) is 24.3 Å². The molecule has 138 valence electrons. The fourth-order valence-electron chi connectivity index (χ4n) is 2.04. The molecule has 0 aliphatic carbocycles. The van der Waals surface area contributed by atoms with Gasteiger partial charge >= 0.3 is 0 Å². The number of nitrogens with one attached hydrogen (secondary N) is 1. The lowest BCUT2D eigenvalue weighted by Crippen LogP contribution is -2.13. The molecule has 0 spiro atoms. The summed E-state index contributed by atoms with van der Waals surface area (Å²) in [6.07, 6.45) is 2.88. The summed E-state index contributed by atoms with van der Waals surface area (Å²) in [4.78, 5) is 21.0. The number of rotatable bonds is 4. The molecule has 27 heavy (non-hydrogen) atoms. The third-order valence-corrected chi connectivity index (χ3v) is 5.28. The molecule has 0 radical (unpaired) electrons. The van der Waals surface area contributed by atoms with Crippen LogP contribution < -0.4 is 5.32 Å². The minimum Gasteiger partial charge on any atom is -0.321 e. The van der Waals surface area contributed by atoms with Crippen molar-refractivity contribution in [3.05, 3.63) is 75.1 Å². The number of halogens is 5. The third-order valence-electron chi connectivity index (χ3n) is 3.28. The summed E-state index contributed by atoms with van der Waals surface area (Å²) in [7, 11) is 0. The first-order valence-electron chi connectivity index (χ1n) is 7.25.